The molecule has 0 saturated heterocycles. The summed E-state index contributed by atoms with van der Waals surface area (Å²) in [5.41, 5.74) is 1.16. The first kappa shape index (κ1) is 20.7. The highest BCUT2D eigenvalue weighted by Crippen LogP contribution is 2.29. The topological polar surface area (TPSA) is 86.4 Å². The Balaban J connectivity index is 1.98. The fourth-order valence-corrected chi connectivity index (χ4v) is 2.85. The molecule has 2 rings (SSSR count). The Morgan fingerprint density at radius 2 is 1.74 bits per heavy atom. The molecular formula is C19H19Cl2N4O2+. The second kappa shape index (κ2) is 9.38. The number of nitriles is 1. The van der Waals surface area contributed by atoms with Crippen LogP contribution in [0.3, 0.4) is 0 Å². The summed E-state index contributed by atoms with van der Waals surface area (Å²) in [6.45, 7) is 1.74. The molecule has 0 aliphatic rings. The van der Waals surface area contributed by atoms with E-state index < -0.39 is 6.04 Å². The lowest BCUT2D eigenvalue weighted by Crippen LogP contribution is -3.14. The third kappa shape index (κ3) is 5.44. The molecule has 0 aliphatic heterocycles. The van der Waals surface area contributed by atoms with Gasteiger partial charge in [-0.2, -0.15) is 5.26 Å². The summed E-state index contributed by atoms with van der Waals surface area (Å²) in [7, 11) is 1.73. The van der Waals surface area contributed by atoms with Crippen LogP contribution in [-0.2, 0) is 9.59 Å². The quantitative estimate of drug-likeness (QED) is 0.689. The van der Waals surface area contributed by atoms with Gasteiger partial charge in [0.2, 0.25) is 0 Å². The number of nitrogens with one attached hydrogen (secondary N) is 3. The van der Waals surface area contributed by atoms with Gasteiger partial charge in [0.05, 0.1) is 34.0 Å². The Bertz CT molecular complexity index is 875. The van der Waals surface area contributed by atoms with Crippen LogP contribution in [0.5, 0.6) is 0 Å². The van der Waals surface area contributed by atoms with E-state index in [4.69, 9.17) is 28.5 Å². The minimum Gasteiger partial charge on any atom is -0.320 e. The number of likely N-dealkylation sites (N-methyl/N-ethyl adjacent to an activating group) is 1. The molecule has 27 heavy (non-hydrogen) atoms. The Morgan fingerprint density at radius 1 is 1.11 bits per heavy atom. The molecule has 0 heterocycles. The minimum atomic E-state index is -0.524. The van der Waals surface area contributed by atoms with E-state index in [0.717, 1.165) is 0 Å². The fraction of sp³-hybridized carbons (Fsp3) is 0.211. The van der Waals surface area contributed by atoms with Gasteiger partial charge in [-0.15, -0.1) is 0 Å². The Morgan fingerprint density at radius 3 is 2.37 bits per heavy atom. The number of carbonyl (C=O) groups excluding carboxylic acids is 2. The van der Waals surface area contributed by atoms with Crippen LogP contribution in [0, 0.1) is 11.3 Å². The lowest BCUT2D eigenvalue weighted by atomic mass is 10.2. The summed E-state index contributed by atoms with van der Waals surface area (Å²) in [6, 6.07) is 13.2. The zero-order valence-corrected chi connectivity index (χ0v) is 16.4. The Kier molecular flexibility index (Phi) is 7.19. The number of benzene rings is 2. The van der Waals surface area contributed by atoms with Crippen molar-refractivity contribution >= 4 is 46.4 Å². The van der Waals surface area contributed by atoms with E-state index in [-0.39, 0.29) is 18.4 Å². The van der Waals surface area contributed by atoms with Crippen molar-refractivity contribution in [1.82, 2.24) is 0 Å². The maximum absolute atomic E-state index is 12.5. The predicted octanol–water partition coefficient (Wildman–Crippen LogP) is 2.35. The van der Waals surface area contributed by atoms with Gasteiger partial charge in [0.15, 0.2) is 12.6 Å². The number of hydrogen-bond acceptors (Lipinski definition) is 3. The standard InChI is InChI=1S/C19H18Cl2N4O2/c1-12(19(27)23-16-9-4-3-6-13(16)10-22)25(2)11-17(26)24-18-14(20)7-5-8-15(18)21/h3-9,12H,11H2,1-2H3,(H,23,27)(H,24,26)/p+1/t12-/m1/s1. The van der Waals surface area contributed by atoms with Crippen molar-refractivity contribution in [1.29, 1.82) is 5.26 Å². The van der Waals surface area contributed by atoms with E-state index in [9.17, 15) is 9.59 Å². The summed E-state index contributed by atoms with van der Waals surface area (Å²) in [4.78, 5) is 25.4. The molecule has 2 aromatic carbocycles. The highest BCUT2D eigenvalue weighted by atomic mass is 35.5. The lowest BCUT2D eigenvalue weighted by molar-refractivity contribution is -0.885. The molecule has 0 saturated carbocycles. The van der Waals surface area contributed by atoms with Gasteiger partial charge in [0.25, 0.3) is 11.8 Å². The Labute approximate surface area is 167 Å². The largest absolute Gasteiger partial charge is 0.320 e. The van der Waals surface area contributed by atoms with Crippen LogP contribution in [0.25, 0.3) is 0 Å². The molecule has 0 fully saturated rings. The van der Waals surface area contributed by atoms with Gasteiger partial charge < -0.3 is 15.5 Å². The van der Waals surface area contributed by atoms with Crippen molar-refractivity contribution < 1.29 is 14.5 Å². The molecule has 0 aromatic heterocycles. The van der Waals surface area contributed by atoms with Crippen LogP contribution in [0.15, 0.2) is 42.5 Å². The predicted molar refractivity (Wildman–Crippen MR) is 106 cm³/mol. The average molecular weight is 406 g/mol. The molecule has 0 spiro atoms. The van der Waals surface area contributed by atoms with E-state index in [2.05, 4.69) is 10.6 Å². The Hall–Kier alpha value is -2.59. The normalized spacial score (nSPS) is 12.6. The third-order valence-corrected chi connectivity index (χ3v) is 4.73. The molecule has 140 valence electrons. The summed E-state index contributed by atoms with van der Waals surface area (Å²) in [6.07, 6.45) is 0. The monoisotopic (exact) mass is 405 g/mol. The molecule has 0 bridgehead atoms. The molecule has 6 nitrogen and oxygen atoms in total. The van der Waals surface area contributed by atoms with Crippen LogP contribution in [0.2, 0.25) is 10.0 Å². The van der Waals surface area contributed by atoms with Crippen molar-refractivity contribution in [3.8, 4) is 6.07 Å². The maximum atomic E-state index is 12.5. The number of para-hydroxylation sites is 2. The number of hydrogen-bond donors (Lipinski definition) is 3. The first-order valence-electron chi connectivity index (χ1n) is 8.19. The van der Waals surface area contributed by atoms with E-state index in [1.807, 2.05) is 6.07 Å². The van der Waals surface area contributed by atoms with Gasteiger partial charge in [-0.25, -0.2) is 0 Å². The van der Waals surface area contributed by atoms with Crippen LogP contribution < -0.4 is 15.5 Å². The van der Waals surface area contributed by atoms with Gasteiger partial charge in [0, 0.05) is 0 Å². The molecule has 0 aliphatic carbocycles. The zero-order chi connectivity index (χ0) is 20.0. The van der Waals surface area contributed by atoms with Crippen LogP contribution in [0.4, 0.5) is 11.4 Å². The van der Waals surface area contributed by atoms with Gasteiger partial charge in [0.1, 0.15) is 6.07 Å². The molecular weight excluding hydrogens is 387 g/mol. The number of rotatable bonds is 6. The number of carbonyl (C=O) groups is 2. The number of anilines is 2. The van der Waals surface area contributed by atoms with Crippen molar-refractivity contribution in [2.24, 2.45) is 0 Å². The van der Waals surface area contributed by atoms with E-state index in [1.54, 1.807) is 56.4 Å². The molecule has 3 N–H and O–H groups in total. The molecule has 2 atom stereocenters. The molecule has 0 radical (unpaired) electrons. The molecule has 2 aromatic rings. The SMILES string of the molecule is C[C@H](C(=O)Nc1ccccc1C#N)[NH+](C)CC(=O)Nc1c(Cl)cccc1Cl. The van der Waals surface area contributed by atoms with E-state index in [0.29, 0.717) is 31.9 Å². The summed E-state index contributed by atoms with van der Waals surface area (Å²) >= 11 is 12.1. The van der Waals surface area contributed by atoms with Crippen molar-refractivity contribution in [3.63, 3.8) is 0 Å². The van der Waals surface area contributed by atoms with Crippen molar-refractivity contribution in [2.75, 3.05) is 24.2 Å². The number of quaternary nitrogens is 1. The second-order valence-corrected chi connectivity index (χ2v) is 6.85. The van der Waals surface area contributed by atoms with Crippen molar-refractivity contribution in [2.45, 2.75) is 13.0 Å². The third-order valence-electron chi connectivity index (χ3n) is 4.10. The highest BCUT2D eigenvalue weighted by Gasteiger charge is 2.25. The highest BCUT2D eigenvalue weighted by molar-refractivity contribution is 6.39. The van der Waals surface area contributed by atoms with Crippen LogP contribution in [-0.4, -0.2) is 31.4 Å². The summed E-state index contributed by atoms with van der Waals surface area (Å²) < 4.78 is 0. The minimum absolute atomic E-state index is 0.0377. The number of amides is 2. The van der Waals surface area contributed by atoms with Crippen molar-refractivity contribution in [3.05, 3.63) is 58.1 Å². The molecule has 2 amide bonds. The van der Waals surface area contributed by atoms with Gasteiger partial charge in [-0.3, -0.25) is 9.59 Å². The zero-order valence-electron chi connectivity index (χ0n) is 14.8. The lowest BCUT2D eigenvalue weighted by Gasteiger charge is -2.21. The first-order valence-corrected chi connectivity index (χ1v) is 8.95. The fourth-order valence-electron chi connectivity index (χ4n) is 2.36. The van der Waals surface area contributed by atoms with E-state index in [1.165, 1.54) is 0 Å². The molecule has 1 unspecified atom stereocenters. The maximum Gasteiger partial charge on any atom is 0.282 e. The molecule has 8 heteroatoms. The van der Waals surface area contributed by atoms with Gasteiger partial charge in [-0.05, 0) is 31.2 Å². The van der Waals surface area contributed by atoms with Crippen LogP contribution >= 0.6 is 23.2 Å². The van der Waals surface area contributed by atoms with Gasteiger partial charge >= 0.3 is 0 Å². The first-order chi connectivity index (χ1) is 12.8. The summed E-state index contributed by atoms with van der Waals surface area (Å²) in [5.74, 6) is -0.613. The average Bonchev–Trinajstić information content (AvgIpc) is 2.64. The number of halogens is 2. The summed E-state index contributed by atoms with van der Waals surface area (Å²) in [5, 5.41) is 15.2. The van der Waals surface area contributed by atoms with E-state index >= 15 is 0 Å². The second-order valence-electron chi connectivity index (χ2n) is 6.04. The smallest absolute Gasteiger partial charge is 0.282 e. The van der Waals surface area contributed by atoms with Gasteiger partial charge in [-0.1, -0.05) is 41.4 Å². The number of nitrogens with zero attached hydrogens (tertiary/aromatic N) is 1. The van der Waals surface area contributed by atoms with Crippen LogP contribution in [0.1, 0.15) is 12.5 Å².